The van der Waals surface area contributed by atoms with Gasteiger partial charge in [-0.3, -0.25) is 5.43 Å². The summed E-state index contributed by atoms with van der Waals surface area (Å²) in [6.45, 7) is 3.44. The SMILES string of the molecule is CCCOc1nc(NN)nc(NCC2(SC)CC2)n1. The van der Waals surface area contributed by atoms with Crippen LogP contribution in [0.1, 0.15) is 26.2 Å². The van der Waals surface area contributed by atoms with Gasteiger partial charge >= 0.3 is 6.01 Å². The molecule has 4 N–H and O–H groups in total. The minimum Gasteiger partial charge on any atom is -0.463 e. The Morgan fingerprint density at radius 1 is 1.32 bits per heavy atom. The van der Waals surface area contributed by atoms with Crippen molar-refractivity contribution in [1.82, 2.24) is 15.0 Å². The molecule has 0 atom stereocenters. The standard InChI is InChI=1S/C11H20N6OS/c1-3-6-18-10-15-8(14-9(16-10)17-12)13-7-11(19-2)4-5-11/h3-7,12H2,1-2H3,(H2,13,14,15,16,17). The van der Waals surface area contributed by atoms with Crippen LogP contribution in [0.2, 0.25) is 0 Å². The average molecular weight is 284 g/mol. The minimum atomic E-state index is 0.293. The van der Waals surface area contributed by atoms with Gasteiger partial charge in [0.05, 0.1) is 6.61 Å². The molecule has 19 heavy (non-hydrogen) atoms. The number of nitrogen functional groups attached to an aromatic ring is 1. The summed E-state index contributed by atoms with van der Waals surface area (Å²) >= 11 is 1.88. The number of nitrogens with one attached hydrogen (secondary N) is 2. The van der Waals surface area contributed by atoms with Crippen molar-refractivity contribution in [2.45, 2.75) is 30.9 Å². The Morgan fingerprint density at radius 2 is 2.05 bits per heavy atom. The zero-order valence-corrected chi connectivity index (χ0v) is 12.1. The van der Waals surface area contributed by atoms with Gasteiger partial charge in [-0.1, -0.05) is 6.92 Å². The molecule has 1 saturated carbocycles. The van der Waals surface area contributed by atoms with Crippen LogP contribution in [0.5, 0.6) is 6.01 Å². The summed E-state index contributed by atoms with van der Waals surface area (Å²) in [5.41, 5.74) is 2.42. The number of nitrogens with two attached hydrogens (primary N) is 1. The summed E-state index contributed by atoms with van der Waals surface area (Å²) in [4.78, 5) is 12.4. The van der Waals surface area contributed by atoms with E-state index in [1.807, 2.05) is 18.7 Å². The molecule has 1 aliphatic carbocycles. The number of rotatable bonds is 8. The molecule has 1 aliphatic rings. The summed E-state index contributed by atoms with van der Waals surface area (Å²) in [7, 11) is 0. The number of nitrogens with zero attached hydrogens (tertiary/aromatic N) is 3. The monoisotopic (exact) mass is 284 g/mol. The Morgan fingerprint density at radius 3 is 2.63 bits per heavy atom. The van der Waals surface area contributed by atoms with Crippen molar-refractivity contribution in [1.29, 1.82) is 0 Å². The van der Waals surface area contributed by atoms with Gasteiger partial charge < -0.3 is 10.1 Å². The number of hydrazine groups is 1. The van der Waals surface area contributed by atoms with Crippen molar-refractivity contribution in [3.05, 3.63) is 0 Å². The highest BCUT2D eigenvalue weighted by atomic mass is 32.2. The molecule has 0 saturated heterocycles. The fraction of sp³-hybridized carbons (Fsp3) is 0.727. The van der Waals surface area contributed by atoms with Gasteiger partial charge in [0.1, 0.15) is 0 Å². The molecule has 0 bridgehead atoms. The smallest absolute Gasteiger partial charge is 0.323 e. The Bertz CT molecular complexity index is 426. The van der Waals surface area contributed by atoms with E-state index in [-0.39, 0.29) is 0 Å². The van der Waals surface area contributed by atoms with Crippen LogP contribution < -0.4 is 21.3 Å². The molecule has 0 amide bonds. The fourth-order valence-corrected chi connectivity index (χ4v) is 2.32. The van der Waals surface area contributed by atoms with Crippen LogP contribution >= 0.6 is 11.8 Å². The minimum absolute atomic E-state index is 0.293. The Hall–Kier alpha value is -1.28. The number of ether oxygens (including phenoxy) is 1. The molecule has 1 aromatic heterocycles. The molecule has 0 spiro atoms. The number of aromatic nitrogens is 3. The molecule has 7 nitrogen and oxygen atoms in total. The Balaban J connectivity index is 2.01. The molecule has 0 radical (unpaired) electrons. The highest BCUT2D eigenvalue weighted by Gasteiger charge is 2.41. The van der Waals surface area contributed by atoms with Crippen LogP contribution in [0.15, 0.2) is 0 Å². The van der Waals surface area contributed by atoms with E-state index in [0.29, 0.717) is 29.3 Å². The van der Waals surface area contributed by atoms with E-state index in [4.69, 9.17) is 10.6 Å². The summed E-state index contributed by atoms with van der Waals surface area (Å²) in [6.07, 6.45) is 5.49. The van der Waals surface area contributed by atoms with Gasteiger partial charge in [0.2, 0.25) is 11.9 Å². The summed E-state index contributed by atoms with van der Waals surface area (Å²) < 4.78 is 5.75. The van der Waals surface area contributed by atoms with Crippen LogP contribution in [0.4, 0.5) is 11.9 Å². The molecule has 0 aliphatic heterocycles. The maximum absolute atomic E-state index is 5.41. The quantitative estimate of drug-likeness (QED) is 0.485. The van der Waals surface area contributed by atoms with Gasteiger partial charge in [-0.2, -0.15) is 26.7 Å². The lowest BCUT2D eigenvalue weighted by atomic mass is 10.4. The topological polar surface area (TPSA) is 98.0 Å². The van der Waals surface area contributed by atoms with Gasteiger partial charge in [0.25, 0.3) is 0 Å². The number of hydrogen-bond acceptors (Lipinski definition) is 8. The second-order valence-electron chi connectivity index (χ2n) is 4.50. The second-order valence-corrected chi connectivity index (χ2v) is 5.77. The van der Waals surface area contributed by atoms with Gasteiger partial charge in [-0.15, -0.1) is 0 Å². The van der Waals surface area contributed by atoms with Crippen LogP contribution in [0.25, 0.3) is 0 Å². The van der Waals surface area contributed by atoms with Crippen molar-refractivity contribution in [3.8, 4) is 6.01 Å². The average Bonchev–Trinajstić information content (AvgIpc) is 3.23. The van der Waals surface area contributed by atoms with Crippen molar-refractivity contribution >= 4 is 23.7 Å². The lowest BCUT2D eigenvalue weighted by Crippen LogP contribution is -2.20. The molecule has 1 heterocycles. The third-order valence-corrected chi connectivity index (χ3v) is 4.41. The lowest BCUT2D eigenvalue weighted by Gasteiger charge is -2.13. The van der Waals surface area contributed by atoms with Crippen LogP contribution in [-0.4, -0.2) is 39.1 Å². The first-order valence-electron chi connectivity index (χ1n) is 6.36. The van der Waals surface area contributed by atoms with E-state index in [2.05, 4.69) is 32.0 Å². The molecule has 106 valence electrons. The summed E-state index contributed by atoms with van der Waals surface area (Å²) in [6, 6.07) is 0.293. The third-order valence-electron chi connectivity index (χ3n) is 2.99. The van der Waals surface area contributed by atoms with Crippen LogP contribution in [0, 0.1) is 0 Å². The predicted octanol–water partition coefficient (Wildman–Crippen LogP) is 1.25. The van der Waals surface area contributed by atoms with Gasteiger partial charge in [0.15, 0.2) is 0 Å². The summed E-state index contributed by atoms with van der Waals surface area (Å²) in [5.74, 6) is 6.14. The van der Waals surface area contributed by atoms with E-state index in [1.165, 1.54) is 12.8 Å². The number of thioether (sulfide) groups is 1. The zero-order chi connectivity index (χ0) is 13.7. The van der Waals surface area contributed by atoms with E-state index in [0.717, 1.165) is 13.0 Å². The zero-order valence-electron chi connectivity index (χ0n) is 11.3. The van der Waals surface area contributed by atoms with Gasteiger partial charge in [-0.25, -0.2) is 5.84 Å². The largest absolute Gasteiger partial charge is 0.463 e. The van der Waals surface area contributed by atoms with E-state index in [1.54, 1.807) is 0 Å². The first-order valence-corrected chi connectivity index (χ1v) is 7.58. The molecule has 0 aromatic carbocycles. The maximum atomic E-state index is 5.41. The van der Waals surface area contributed by atoms with Crippen LogP contribution in [-0.2, 0) is 0 Å². The summed E-state index contributed by atoms with van der Waals surface area (Å²) in [5, 5.41) is 3.23. The molecule has 1 aromatic rings. The predicted molar refractivity (Wildman–Crippen MR) is 77.4 cm³/mol. The van der Waals surface area contributed by atoms with Crippen molar-refractivity contribution < 1.29 is 4.74 Å². The molecule has 1 fully saturated rings. The van der Waals surface area contributed by atoms with Crippen molar-refractivity contribution in [2.75, 3.05) is 30.1 Å². The number of hydrogen-bond donors (Lipinski definition) is 3. The Kier molecular flexibility index (Phi) is 4.65. The molecular weight excluding hydrogens is 264 g/mol. The first-order chi connectivity index (χ1) is 9.21. The molecule has 0 unspecified atom stereocenters. The lowest BCUT2D eigenvalue weighted by molar-refractivity contribution is 0.292. The number of anilines is 2. The van der Waals surface area contributed by atoms with Crippen LogP contribution in [0.3, 0.4) is 0 Å². The fourth-order valence-electron chi connectivity index (χ4n) is 1.59. The van der Waals surface area contributed by atoms with Crippen molar-refractivity contribution in [2.24, 2.45) is 5.84 Å². The molecular formula is C11H20N6OS. The van der Waals surface area contributed by atoms with Gasteiger partial charge in [0, 0.05) is 11.3 Å². The Labute approximate surface area is 117 Å². The van der Waals surface area contributed by atoms with E-state index >= 15 is 0 Å². The molecule has 2 rings (SSSR count). The highest BCUT2D eigenvalue weighted by molar-refractivity contribution is 8.00. The van der Waals surface area contributed by atoms with Crippen molar-refractivity contribution in [3.63, 3.8) is 0 Å². The first kappa shape index (κ1) is 14.1. The second kappa shape index (κ2) is 6.25. The van der Waals surface area contributed by atoms with E-state index < -0.39 is 0 Å². The highest BCUT2D eigenvalue weighted by Crippen LogP contribution is 2.46. The van der Waals surface area contributed by atoms with Gasteiger partial charge in [-0.05, 0) is 25.5 Å². The maximum Gasteiger partial charge on any atom is 0.323 e. The normalized spacial score (nSPS) is 15.9. The molecule has 8 heteroatoms. The third kappa shape index (κ3) is 3.84. The van der Waals surface area contributed by atoms with E-state index in [9.17, 15) is 0 Å².